The third kappa shape index (κ3) is 3.69. The zero-order valence-corrected chi connectivity index (χ0v) is 11.5. The molecule has 1 aromatic carbocycles. The molecule has 2 aromatic rings. The minimum Gasteiger partial charge on any atom is -0.266 e. The monoisotopic (exact) mass is 302 g/mol. The van der Waals surface area contributed by atoms with Crippen molar-refractivity contribution in [2.75, 3.05) is 0 Å². The first-order valence-corrected chi connectivity index (χ1v) is 6.18. The normalized spacial score (nSPS) is 11.1. The highest BCUT2D eigenvalue weighted by Gasteiger charge is 2.10. The number of benzene rings is 1. The molecular weight excluding hydrogens is 291 g/mol. The van der Waals surface area contributed by atoms with E-state index in [-0.39, 0.29) is 17.2 Å². The van der Waals surface area contributed by atoms with Crippen LogP contribution in [0.2, 0.25) is 0 Å². The molecule has 112 valence electrons. The molecule has 0 aliphatic carbocycles. The minimum atomic E-state index is -0.606. The summed E-state index contributed by atoms with van der Waals surface area (Å²) in [6.07, 6.45) is 0.992. The fourth-order valence-electron chi connectivity index (χ4n) is 1.58. The Morgan fingerprint density at radius 1 is 1.27 bits per heavy atom. The number of carbonyl (C=O) groups excluding carboxylic acids is 1. The number of nitro groups is 1. The molecule has 0 atom stereocenters. The predicted molar refractivity (Wildman–Crippen MR) is 77.0 cm³/mol. The molecule has 1 aromatic heterocycles. The Morgan fingerprint density at radius 3 is 2.50 bits per heavy atom. The second-order valence-corrected chi connectivity index (χ2v) is 4.30. The number of halogens is 1. The zero-order valence-electron chi connectivity index (χ0n) is 11.5. The van der Waals surface area contributed by atoms with Crippen LogP contribution in [0.25, 0.3) is 0 Å². The van der Waals surface area contributed by atoms with Crippen LogP contribution in [0, 0.1) is 15.9 Å². The van der Waals surface area contributed by atoms with Gasteiger partial charge in [-0.15, -0.1) is 0 Å². The van der Waals surface area contributed by atoms with E-state index in [2.05, 4.69) is 15.5 Å². The van der Waals surface area contributed by atoms with Crippen LogP contribution in [0.5, 0.6) is 0 Å². The first-order valence-electron chi connectivity index (χ1n) is 6.18. The highest BCUT2D eigenvalue weighted by atomic mass is 19.1. The van der Waals surface area contributed by atoms with Crippen LogP contribution in [0.1, 0.15) is 23.0 Å². The predicted octanol–water partition coefficient (Wildman–Crippen LogP) is 2.28. The van der Waals surface area contributed by atoms with Crippen LogP contribution in [-0.2, 0) is 0 Å². The second kappa shape index (κ2) is 6.53. The van der Waals surface area contributed by atoms with Crippen molar-refractivity contribution in [3.8, 4) is 0 Å². The summed E-state index contributed by atoms with van der Waals surface area (Å²) in [6.45, 7) is 1.65. The summed E-state index contributed by atoms with van der Waals surface area (Å²) in [5.74, 6) is -0.966. The Hall–Kier alpha value is -3.16. The van der Waals surface area contributed by atoms with Gasteiger partial charge in [0.1, 0.15) is 17.7 Å². The van der Waals surface area contributed by atoms with Gasteiger partial charge in [0, 0.05) is 6.07 Å². The van der Waals surface area contributed by atoms with Gasteiger partial charge in [0.05, 0.1) is 10.6 Å². The maximum absolute atomic E-state index is 12.8. The van der Waals surface area contributed by atoms with Gasteiger partial charge in [0.15, 0.2) is 0 Å². The van der Waals surface area contributed by atoms with E-state index in [0.717, 1.165) is 6.20 Å². The van der Waals surface area contributed by atoms with Crippen molar-refractivity contribution >= 4 is 17.3 Å². The number of hydrogen-bond acceptors (Lipinski definition) is 5. The molecule has 7 nitrogen and oxygen atoms in total. The van der Waals surface area contributed by atoms with Crippen LogP contribution in [0.15, 0.2) is 47.7 Å². The molecule has 0 fully saturated rings. The number of aromatic nitrogens is 1. The zero-order chi connectivity index (χ0) is 16.1. The number of amides is 1. The topological polar surface area (TPSA) is 97.5 Å². The van der Waals surface area contributed by atoms with Crippen molar-refractivity contribution in [2.24, 2.45) is 5.10 Å². The van der Waals surface area contributed by atoms with Gasteiger partial charge >= 0.3 is 0 Å². The number of hydrazone groups is 1. The molecule has 0 radical (unpaired) electrons. The lowest BCUT2D eigenvalue weighted by molar-refractivity contribution is -0.385. The van der Waals surface area contributed by atoms with Crippen molar-refractivity contribution in [1.29, 1.82) is 0 Å². The maximum Gasteiger partial charge on any atom is 0.289 e. The van der Waals surface area contributed by atoms with Crippen molar-refractivity contribution in [1.82, 2.24) is 10.4 Å². The molecule has 2 rings (SSSR count). The number of pyridine rings is 1. The lowest BCUT2D eigenvalue weighted by Crippen LogP contribution is -2.20. The van der Waals surface area contributed by atoms with Crippen LogP contribution in [0.4, 0.5) is 10.1 Å². The molecule has 1 amide bonds. The van der Waals surface area contributed by atoms with Gasteiger partial charge in [-0.05, 0) is 30.7 Å². The number of nitrogens with zero attached hydrogens (tertiary/aromatic N) is 3. The van der Waals surface area contributed by atoms with E-state index in [9.17, 15) is 19.3 Å². The van der Waals surface area contributed by atoms with E-state index in [1.54, 1.807) is 6.92 Å². The Balaban J connectivity index is 2.06. The van der Waals surface area contributed by atoms with E-state index in [4.69, 9.17) is 0 Å². The van der Waals surface area contributed by atoms with Crippen molar-refractivity contribution in [3.05, 3.63) is 69.8 Å². The molecule has 1 N–H and O–H groups in total. The summed E-state index contributed by atoms with van der Waals surface area (Å²) in [6, 6.07) is 8.05. The molecule has 0 bridgehead atoms. The van der Waals surface area contributed by atoms with Crippen LogP contribution in [-0.4, -0.2) is 21.5 Å². The third-order valence-corrected chi connectivity index (χ3v) is 2.78. The molecule has 0 spiro atoms. The molecule has 0 saturated heterocycles. The van der Waals surface area contributed by atoms with E-state index < -0.39 is 10.8 Å². The van der Waals surface area contributed by atoms with E-state index >= 15 is 0 Å². The number of rotatable bonds is 4. The Bertz CT molecular complexity index is 727. The van der Waals surface area contributed by atoms with E-state index in [0.29, 0.717) is 11.3 Å². The highest BCUT2D eigenvalue weighted by molar-refractivity contribution is 6.00. The van der Waals surface area contributed by atoms with Gasteiger partial charge in [0.25, 0.3) is 11.6 Å². The Labute approximate surface area is 124 Å². The summed E-state index contributed by atoms with van der Waals surface area (Å²) >= 11 is 0. The number of hydrogen-bond donors (Lipinski definition) is 1. The molecule has 0 aliphatic rings. The van der Waals surface area contributed by atoms with Gasteiger partial charge in [-0.2, -0.15) is 5.10 Å². The summed E-state index contributed by atoms with van der Waals surface area (Å²) < 4.78 is 12.8. The number of carbonyl (C=O) groups is 1. The average molecular weight is 302 g/mol. The lowest BCUT2D eigenvalue weighted by atomic mass is 10.1. The Kier molecular flexibility index (Phi) is 4.52. The molecule has 22 heavy (non-hydrogen) atoms. The highest BCUT2D eigenvalue weighted by Crippen LogP contribution is 2.09. The third-order valence-electron chi connectivity index (χ3n) is 2.78. The fourth-order valence-corrected chi connectivity index (χ4v) is 1.58. The standard InChI is InChI=1S/C14H11FN4O3/c1-9(10-2-4-11(15)5-3-10)17-18-14(20)13-7-6-12(8-16-13)19(21)22/h2-8H,1H3,(H,18,20)/b17-9+. The Morgan fingerprint density at radius 2 is 1.95 bits per heavy atom. The average Bonchev–Trinajstić information content (AvgIpc) is 2.53. The lowest BCUT2D eigenvalue weighted by Gasteiger charge is -2.02. The second-order valence-electron chi connectivity index (χ2n) is 4.30. The molecular formula is C14H11FN4O3. The molecule has 0 aliphatic heterocycles. The molecule has 0 unspecified atom stereocenters. The van der Waals surface area contributed by atoms with Gasteiger partial charge in [-0.25, -0.2) is 14.8 Å². The largest absolute Gasteiger partial charge is 0.289 e. The quantitative estimate of drug-likeness (QED) is 0.532. The summed E-state index contributed by atoms with van der Waals surface area (Å²) in [7, 11) is 0. The molecule has 8 heteroatoms. The van der Waals surface area contributed by atoms with Crippen LogP contribution < -0.4 is 5.43 Å². The fraction of sp³-hybridized carbons (Fsp3) is 0.0714. The SMILES string of the molecule is C/C(=N\NC(=O)c1ccc([N+](=O)[O-])cn1)c1ccc(F)cc1. The van der Waals surface area contributed by atoms with Crippen LogP contribution in [0.3, 0.4) is 0 Å². The molecule has 0 saturated carbocycles. The smallest absolute Gasteiger partial charge is 0.266 e. The van der Waals surface area contributed by atoms with Gasteiger partial charge in [-0.3, -0.25) is 14.9 Å². The van der Waals surface area contributed by atoms with Crippen molar-refractivity contribution < 1.29 is 14.1 Å². The summed E-state index contributed by atoms with van der Waals surface area (Å²) in [5.41, 5.74) is 3.21. The van der Waals surface area contributed by atoms with E-state index in [1.165, 1.54) is 36.4 Å². The van der Waals surface area contributed by atoms with Gasteiger partial charge in [0.2, 0.25) is 0 Å². The van der Waals surface area contributed by atoms with Crippen molar-refractivity contribution in [3.63, 3.8) is 0 Å². The van der Waals surface area contributed by atoms with Crippen molar-refractivity contribution in [2.45, 2.75) is 6.92 Å². The summed E-state index contributed by atoms with van der Waals surface area (Å²) in [4.78, 5) is 25.4. The van der Waals surface area contributed by atoms with Crippen LogP contribution >= 0.6 is 0 Å². The van der Waals surface area contributed by atoms with Gasteiger partial charge < -0.3 is 0 Å². The minimum absolute atomic E-state index is 0.00116. The molecule has 1 heterocycles. The first kappa shape index (κ1) is 15.2. The van der Waals surface area contributed by atoms with Gasteiger partial charge in [-0.1, -0.05) is 12.1 Å². The number of nitrogens with one attached hydrogen (secondary N) is 1. The van der Waals surface area contributed by atoms with E-state index in [1.807, 2.05) is 0 Å². The first-order chi connectivity index (χ1) is 10.5. The maximum atomic E-state index is 12.8. The summed E-state index contributed by atoms with van der Waals surface area (Å²) in [5, 5.41) is 14.4.